The van der Waals surface area contributed by atoms with Crippen molar-refractivity contribution in [3.8, 4) is 0 Å². The average molecular weight is 238 g/mol. The fourth-order valence-corrected chi connectivity index (χ4v) is 2.50. The number of hydrogen-bond donors (Lipinski definition) is 1. The molecule has 4 nitrogen and oxygen atoms in total. The minimum Gasteiger partial charge on any atom is -0.480 e. The van der Waals surface area contributed by atoms with Gasteiger partial charge in [-0.3, -0.25) is 4.79 Å². The number of aliphatic carboxylic acids is 1. The number of thioether (sulfide) groups is 1. The molecule has 80 valence electrons. The molecule has 1 heterocycles. The predicted molar refractivity (Wildman–Crippen MR) is 55.5 cm³/mol. The van der Waals surface area contributed by atoms with Gasteiger partial charge < -0.3 is 10.0 Å². The van der Waals surface area contributed by atoms with Gasteiger partial charge in [0, 0.05) is 17.6 Å². The number of nitrogens with zero attached hydrogens (tertiary/aromatic N) is 1. The molecule has 14 heavy (non-hydrogen) atoms. The molecule has 0 spiro atoms. The molecule has 1 amide bonds. The van der Waals surface area contributed by atoms with Crippen molar-refractivity contribution in [2.75, 3.05) is 17.5 Å². The van der Waals surface area contributed by atoms with E-state index in [9.17, 15) is 9.59 Å². The Morgan fingerprint density at radius 1 is 1.71 bits per heavy atom. The summed E-state index contributed by atoms with van der Waals surface area (Å²) in [4.78, 5) is 23.8. The van der Waals surface area contributed by atoms with Gasteiger partial charge in [-0.15, -0.1) is 23.4 Å². The lowest BCUT2D eigenvalue weighted by atomic mass is 10.1. The maximum atomic E-state index is 11.7. The zero-order valence-electron chi connectivity index (χ0n) is 7.77. The minimum absolute atomic E-state index is 0.169. The van der Waals surface area contributed by atoms with Crippen molar-refractivity contribution in [1.82, 2.24) is 4.90 Å². The van der Waals surface area contributed by atoms with E-state index in [0.29, 0.717) is 11.6 Å². The maximum Gasteiger partial charge on any atom is 0.327 e. The van der Waals surface area contributed by atoms with Crippen LogP contribution in [0.25, 0.3) is 0 Å². The molecule has 0 aromatic carbocycles. The van der Waals surface area contributed by atoms with E-state index < -0.39 is 12.0 Å². The summed E-state index contributed by atoms with van der Waals surface area (Å²) in [5.74, 6) is -0.265. The zero-order chi connectivity index (χ0) is 10.7. The first-order chi connectivity index (χ1) is 6.57. The highest BCUT2D eigenvalue weighted by molar-refractivity contribution is 7.99. The summed E-state index contributed by atoms with van der Waals surface area (Å²) in [7, 11) is 0. The lowest BCUT2D eigenvalue weighted by Crippen LogP contribution is -2.44. The Hall–Kier alpha value is -0.420. The first kappa shape index (κ1) is 11.7. The van der Waals surface area contributed by atoms with Crippen molar-refractivity contribution in [3.05, 3.63) is 0 Å². The van der Waals surface area contributed by atoms with Gasteiger partial charge in [0.05, 0.1) is 5.88 Å². The monoisotopic (exact) mass is 237 g/mol. The number of rotatable bonds is 3. The van der Waals surface area contributed by atoms with Crippen molar-refractivity contribution < 1.29 is 14.7 Å². The second-order valence-electron chi connectivity index (χ2n) is 3.22. The van der Waals surface area contributed by atoms with Crippen molar-refractivity contribution in [1.29, 1.82) is 0 Å². The topological polar surface area (TPSA) is 57.6 Å². The summed E-state index contributed by atoms with van der Waals surface area (Å²) in [6, 6.07) is -0.682. The van der Waals surface area contributed by atoms with E-state index in [0.717, 1.165) is 0 Å². The molecule has 0 radical (unpaired) electrons. The molecular weight excluding hydrogens is 226 g/mol. The van der Waals surface area contributed by atoms with E-state index in [-0.39, 0.29) is 17.7 Å². The number of carboxylic acid groups (broad SMARTS) is 1. The van der Waals surface area contributed by atoms with E-state index in [4.69, 9.17) is 16.7 Å². The Kier molecular flexibility index (Phi) is 4.07. The molecule has 0 bridgehead atoms. The smallest absolute Gasteiger partial charge is 0.327 e. The normalized spacial score (nSPS) is 23.6. The third kappa shape index (κ3) is 2.33. The lowest BCUT2D eigenvalue weighted by Gasteiger charge is -2.22. The fourth-order valence-electron chi connectivity index (χ4n) is 1.21. The zero-order valence-corrected chi connectivity index (χ0v) is 9.35. The molecule has 1 aliphatic heterocycles. The first-order valence-electron chi connectivity index (χ1n) is 4.25. The highest BCUT2D eigenvalue weighted by Gasteiger charge is 2.35. The van der Waals surface area contributed by atoms with Crippen LogP contribution in [-0.2, 0) is 9.59 Å². The van der Waals surface area contributed by atoms with Crippen LogP contribution in [0.15, 0.2) is 0 Å². The van der Waals surface area contributed by atoms with Crippen molar-refractivity contribution in [3.63, 3.8) is 0 Å². The predicted octanol–water partition coefficient (Wildman–Crippen LogP) is 0.847. The molecule has 0 aliphatic carbocycles. The number of hydrogen-bond acceptors (Lipinski definition) is 3. The number of amides is 1. The van der Waals surface area contributed by atoms with Gasteiger partial charge in [-0.2, -0.15) is 0 Å². The minimum atomic E-state index is -0.940. The summed E-state index contributed by atoms with van der Waals surface area (Å²) in [6.45, 7) is 1.71. The van der Waals surface area contributed by atoms with Crippen LogP contribution in [-0.4, -0.2) is 45.4 Å². The SMILES string of the molecule is CC(CCl)C(=O)N1CSCC1C(=O)O. The number of carboxylic acids is 1. The van der Waals surface area contributed by atoms with Crippen LogP contribution in [0.4, 0.5) is 0 Å². The second kappa shape index (κ2) is 4.89. The Balaban J connectivity index is 2.67. The number of carbonyl (C=O) groups is 2. The van der Waals surface area contributed by atoms with Crippen LogP contribution >= 0.6 is 23.4 Å². The number of halogens is 1. The Morgan fingerprint density at radius 2 is 2.36 bits per heavy atom. The summed E-state index contributed by atoms with van der Waals surface area (Å²) >= 11 is 7.01. The van der Waals surface area contributed by atoms with Crippen molar-refractivity contribution in [2.24, 2.45) is 5.92 Å². The summed E-state index contributed by atoms with van der Waals surface area (Å²) < 4.78 is 0. The third-order valence-electron chi connectivity index (χ3n) is 2.10. The maximum absolute atomic E-state index is 11.7. The molecule has 1 rings (SSSR count). The molecule has 1 aliphatic rings. The van der Waals surface area contributed by atoms with Gasteiger partial charge >= 0.3 is 5.97 Å². The number of alkyl halides is 1. The Bertz CT molecular complexity index is 249. The van der Waals surface area contributed by atoms with Crippen LogP contribution in [0.2, 0.25) is 0 Å². The Labute approximate surface area is 91.6 Å². The average Bonchev–Trinajstić information content (AvgIpc) is 2.63. The largest absolute Gasteiger partial charge is 0.480 e. The molecule has 2 unspecified atom stereocenters. The van der Waals surface area contributed by atoms with E-state index in [2.05, 4.69) is 0 Å². The fraction of sp³-hybridized carbons (Fsp3) is 0.750. The lowest BCUT2D eigenvalue weighted by molar-refractivity contribution is -0.148. The second-order valence-corrected chi connectivity index (χ2v) is 4.53. The standard InChI is InChI=1S/C8H12ClNO3S/c1-5(2-9)7(11)10-4-14-3-6(10)8(12)13/h5-6H,2-4H2,1H3,(H,12,13). The van der Waals surface area contributed by atoms with Crippen LogP contribution < -0.4 is 0 Å². The Morgan fingerprint density at radius 3 is 2.86 bits per heavy atom. The molecular formula is C8H12ClNO3S. The highest BCUT2D eigenvalue weighted by Crippen LogP contribution is 2.23. The van der Waals surface area contributed by atoms with Gasteiger partial charge in [0.15, 0.2) is 0 Å². The molecule has 1 fully saturated rings. The van der Waals surface area contributed by atoms with E-state index in [1.54, 1.807) is 6.92 Å². The molecule has 0 saturated carbocycles. The molecule has 0 aromatic heterocycles. The number of carbonyl (C=O) groups excluding carboxylic acids is 1. The van der Waals surface area contributed by atoms with Gasteiger partial charge in [0.25, 0.3) is 0 Å². The van der Waals surface area contributed by atoms with E-state index in [1.165, 1.54) is 16.7 Å². The van der Waals surface area contributed by atoms with Gasteiger partial charge in [0.1, 0.15) is 6.04 Å². The van der Waals surface area contributed by atoms with Crippen molar-refractivity contribution in [2.45, 2.75) is 13.0 Å². The van der Waals surface area contributed by atoms with E-state index >= 15 is 0 Å². The van der Waals surface area contributed by atoms with Crippen LogP contribution in [0.3, 0.4) is 0 Å². The molecule has 2 atom stereocenters. The molecule has 0 aromatic rings. The summed E-state index contributed by atoms with van der Waals surface area (Å²) in [5.41, 5.74) is 0. The molecule has 1 saturated heterocycles. The summed E-state index contributed by atoms with van der Waals surface area (Å²) in [6.07, 6.45) is 0. The van der Waals surface area contributed by atoms with Gasteiger partial charge in [-0.05, 0) is 0 Å². The molecule has 6 heteroatoms. The van der Waals surface area contributed by atoms with Crippen LogP contribution in [0.1, 0.15) is 6.92 Å². The van der Waals surface area contributed by atoms with Crippen LogP contribution in [0, 0.1) is 5.92 Å². The van der Waals surface area contributed by atoms with Gasteiger partial charge in [0.2, 0.25) is 5.91 Å². The summed E-state index contributed by atoms with van der Waals surface area (Å²) in [5, 5.41) is 8.85. The van der Waals surface area contributed by atoms with Gasteiger partial charge in [-0.25, -0.2) is 4.79 Å². The highest BCUT2D eigenvalue weighted by atomic mass is 35.5. The van der Waals surface area contributed by atoms with Gasteiger partial charge in [-0.1, -0.05) is 6.92 Å². The first-order valence-corrected chi connectivity index (χ1v) is 5.93. The van der Waals surface area contributed by atoms with Crippen molar-refractivity contribution >= 4 is 35.2 Å². The quantitative estimate of drug-likeness (QED) is 0.740. The van der Waals surface area contributed by atoms with E-state index in [1.807, 2.05) is 0 Å². The van der Waals surface area contributed by atoms with Crippen LogP contribution in [0.5, 0.6) is 0 Å². The molecule has 1 N–H and O–H groups in total. The third-order valence-corrected chi connectivity index (χ3v) is 3.58.